The van der Waals surface area contributed by atoms with Crippen LogP contribution < -0.4 is 5.73 Å². The van der Waals surface area contributed by atoms with Crippen LogP contribution in [0.3, 0.4) is 0 Å². The van der Waals surface area contributed by atoms with Crippen LogP contribution in [0.2, 0.25) is 0 Å². The van der Waals surface area contributed by atoms with Crippen LogP contribution in [0, 0.1) is 6.92 Å². The van der Waals surface area contributed by atoms with Crippen LogP contribution in [0.15, 0.2) is 12.4 Å². The molecule has 0 unspecified atom stereocenters. The summed E-state index contributed by atoms with van der Waals surface area (Å²) >= 11 is 4.94. The van der Waals surface area contributed by atoms with Crippen molar-refractivity contribution in [2.24, 2.45) is 5.73 Å². The predicted octanol–water partition coefficient (Wildman–Crippen LogP) is 1.19. The van der Waals surface area contributed by atoms with E-state index in [0.717, 1.165) is 31.9 Å². The molecule has 0 bridgehead atoms. The average molecular weight is 240 g/mol. The van der Waals surface area contributed by atoms with Gasteiger partial charge in [-0.05, 0) is 19.9 Å². The summed E-state index contributed by atoms with van der Waals surface area (Å²) in [6.45, 7) is 7.81. The molecule has 0 aliphatic rings. The largest absolute Gasteiger partial charge is 0.392 e. The molecule has 0 aliphatic carbocycles. The third-order valence-electron chi connectivity index (χ3n) is 2.50. The van der Waals surface area contributed by atoms with E-state index in [1.54, 1.807) is 0 Å². The van der Waals surface area contributed by atoms with Gasteiger partial charge >= 0.3 is 0 Å². The highest BCUT2D eigenvalue weighted by atomic mass is 32.1. The zero-order valence-corrected chi connectivity index (χ0v) is 10.8. The van der Waals surface area contributed by atoms with Crippen LogP contribution in [0.4, 0.5) is 0 Å². The number of aryl methyl sites for hydroxylation is 1. The lowest BCUT2D eigenvalue weighted by Crippen LogP contribution is -2.35. The highest BCUT2D eigenvalue weighted by Gasteiger charge is 2.05. The molecule has 0 aliphatic heterocycles. The van der Waals surface area contributed by atoms with E-state index in [1.807, 2.05) is 19.3 Å². The van der Waals surface area contributed by atoms with Gasteiger partial charge in [-0.25, -0.2) is 4.98 Å². The van der Waals surface area contributed by atoms with E-state index in [1.165, 1.54) is 0 Å². The third kappa shape index (κ3) is 4.28. The fourth-order valence-corrected chi connectivity index (χ4v) is 1.88. The van der Waals surface area contributed by atoms with Gasteiger partial charge in [0.15, 0.2) is 0 Å². The number of nitrogens with two attached hydrogens (primary N) is 1. The first kappa shape index (κ1) is 13.1. The Hall–Kier alpha value is -0.940. The minimum Gasteiger partial charge on any atom is -0.392 e. The second-order valence-corrected chi connectivity index (χ2v) is 4.43. The molecule has 1 rings (SSSR count). The van der Waals surface area contributed by atoms with Gasteiger partial charge in [0.1, 0.15) is 5.82 Å². The van der Waals surface area contributed by atoms with E-state index in [4.69, 9.17) is 18.0 Å². The second-order valence-electron chi connectivity index (χ2n) is 3.91. The summed E-state index contributed by atoms with van der Waals surface area (Å²) in [6, 6.07) is 0. The van der Waals surface area contributed by atoms with Crippen LogP contribution in [0.25, 0.3) is 0 Å². The molecule has 90 valence electrons. The van der Waals surface area contributed by atoms with E-state index in [-0.39, 0.29) is 0 Å². The van der Waals surface area contributed by atoms with Gasteiger partial charge < -0.3 is 10.3 Å². The quantitative estimate of drug-likeness (QED) is 0.727. The lowest BCUT2D eigenvalue weighted by molar-refractivity contribution is 0.297. The molecule has 16 heavy (non-hydrogen) atoms. The molecule has 2 N–H and O–H groups in total. The van der Waals surface area contributed by atoms with Crippen molar-refractivity contribution in [1.29, 1.82) is 0 Å². The van der Waals surface area contributed by atoms with Gasteiger partial charge in [-0.1, -0.05) is 19.1 Å². The summed E-state index contributed by atoms with van der Waals surface area (Å²) in [6.07, 6.45) is 4.94. The van der Waals surface area contributed by atoms with E-state index in [2.05, 4.69) is 21.4 Å². The molecule has 0 spiro atoms. The van der Waals surface area contributed by atoms with Crippen molar-refractivity contribution < 1.29 is 0 Å². The molecular weight excluding hydrogens is 220 g/mol. The lowest BCUT2D eigenvalue weighted by atomic mass is 10.4. The Balaban J connectivity index is 2.43. The molecule has 0 radical (unpaired) electrons. The number of hydrogen-bond donors (Lipinski definition) is 1. The topological polar surface area (TPSA) is 47.1 Å². The van der Waals surface area contributed by atoms with E-state index < -0.39 is 0 Å². The van der Waals surface area contributed by atoms with Crippen molar-refractivity contribution in [3.63, 3.8) is 0 Å². The molecular formula is C11H20N4S. The number of aromatic nitrogens is 2. The van der Waals surface area contributed by atoms with Crippen molar-refractivity contribution in [3.8, 4) is 0 Å². The summed E-state index contributed by atoms with van der Waals surface area (Å²) in [5.74, 6) is 1.05. The van der Waals surface area contributed by atoms with Gasteiger partial charge in [0.25, 0.3) is 0 Å². The summed E-state index contributed by atoms with van der Waals surface area (Å²) in [7, 11) is 0. The zero-order chi connectivity index (χ0) is 12.0. The summed E-state index contributed by atoms with van der Waals surface area (Å²) in [4.78, 5) is 7.04. The summed E-state index contributed by atoms with van der Waals surface area (Å²) in [5, 5.41) is 0. The SMILES string of the molecule is CCCN(CCn1ccnc1C)CC(N)=S. The minimum atomic E-state index is 0.566. The van der Waals surface area contributed by atoms with E-state index in [9.17, 15) is 0 Å². The van der Waals surface area contributed by atoms with Gasteiger partial charge in [0, 0.05) is 32.0 Å². The zero-order valence-electron chi connectivity index (χ0n) is 10.0. The third-order valence-corrected chi connectivity index (χ3v) is 2.63. The number of imidazole rings is 1. The maximum absolute atomic E-state index is 5.57. The van der Waals surface area contributed by atoms with Crippen molar-refractivity contribution in [2.75, 3.05) is 19.6 Å². The molecule has 5 heteroatoms. The predicted molar refractivity (Wildman–Crippen MR) is 70.5 cm³/mol. The normalized spacial score (nSPS) is 10.9. The molecule has 1 heterocycles. The second kappa shape index (κ2) is 6.60. The van der Waals surface area contributed by atoms with Gasteiger partial charge in [0.05, 0.1) is 4.99 Å². The van der Waals surface area contributed by atoms with Gasteiger partial charge in [0.2, 0.25) is 0 Å². The van der Waals surface area contributed by atoms with Gasteiger partial charge in [-0.2, -0.15) is 0 Å². The first-order valence-corrected chi connectivity index (χ1v) is 6.02. The van der Waals surface area contributed by atoms with Crippen LogP contribution in [0.1, 0.15) is 19.2 Å². The first-order chi connectivity index (χ1) is 7.63. The fourth-order valence-electron chi connectivity index (χ4n) is 1.70. The Morgan fingerprint density at radius 1 is 1.56 bits per heavy atom. The molecule has 0 saturated carbocycles. The van der Waals surface area contributed by atoms with Crippen molar-refractivity contribution in [1.82, 2.24) is 14.5 Å². The molecule has 1 aromatic rings. The summed E-state index contributed by atoms with van der Waals surface area (Å²) < 4.78 is 2.14. The van der Waals surface area contributed by atoms with E-state index >= 15 is 0 Å². The number of hydrogen-bond acceptors (Lipinski definition) is 3. The highest BCUT2D eigenvalue weighted by Crippen LogP contribution is 1.98. The molecule has 0 saturated heterocycles. The van der Waals surface area contributed by atoms with Gasteiger partial charge in [-0.15, -0.1) is 0 Å². The van der Waals surface area contributed by atoms with Crippen LogP contribution in [0.5, 0.6) is 0 Å². The van der Waals surface area contributed by atoms with Crippen LogP contribution in [-0.2, 0) is 6.54 Å². The summed E-state index contributed by atoms with van der Waals surface area (Å²) in [5.41, 5.74) is 5.57. The smallest absolute Gasteiger partial charge is 0.105 e. The maximum atomic E-state index is 5.57. The van der Waals surface area contributed by atoms with Crippen LogP contribution in [-0.4, -0.2) is 39.1 Å². The Morgan fingerprint density at radius 3 is 2.81 bits per heavy atom. The lowest BCUT2D eigenvalue weighted by Gasteiger charge is -2.21. The average Bonchev–Trinajstić information content (AvgIpc) is 2.60. The molecule has 4 nitrogen and oxygen atoms in total. The van der Waals surface area contributed by atoms with Crippen molar-refractivity contribution in [2.45, 2.75) is 26.8 Å². The number of nitrogens with zero attached hydrogens (tertiary/aromatic N) is 3. The van der Waals surface area contributed by atoms with Crippen LogP contribution >= 0.6 is 12.2 Å². The Kier molecular flexibility index (Phi) is 5.42. The standard InChI is InChI=1S/C11H20N4S/c1-3-5-14(9-11(12)16)7-8-15-6-4-13-10(15)2/h4,6H,3,5,7-9H2,1-2H3,(H2,12,16). The van der Waals surface area contributed by atoms with Gasteiger partial charge in [-0.3, -0.25) is 4.90 Å². The molecule has 0 atom stereocenters. The number of thiocarbonyl (C=S) groups is 1. The number of rotatable bonds is 7. The highest BCUT2D eigenvalue weighted by molar-refractivity contribution is 7.80. The molecule has 1 aromatic heterocycles. The maximum Gasteiger partial charge on any atom is 0.105 e. The first-order valence-electron chi connectivity index (χ1n) is 5.62. The van der Waals surface area contributed by atoms with Crippen molar-refractivity contribution >= 4 is 17.2 Å². The Morgan fingerprint density at radius 2 is 2.31 bits per heavy atom. The minimum absolute atomic E-state index is 0.566. The van der Waals surface area contributed by atoms with E-state index in [0.29, 0.717) is 11.5 Å². The Bertz CT molecular complexity index is 334. The molecule has 0 amide bonds. The molecule has 0 fully saturated rings. The monoisotopic (exact) mass is 240 g/mol. The van der Waals surface area contributed by atoms with Crippen molar-refractivity contribution in [3.05, 3.63) is 18.2 Å². The Labute approximate surface area is 102 Å². The molecule has 0 aromatic carbocycles. The fraction of sp³-hybridized carbons (Fsp3) is 0.636.